The van der Waals surface area contributed by atoms with Gasteiger partial charge in [0.2, 0.25) is 0 Å². The lowest BCUT2D eigenvalue weighted by Crippen LogP contribution is -2.42. The van der Waals surface area contributed by atoms with Crippen LogP contribution in [0, 0.1) is 10.1 Å². The van der Waals surface area contributed by atoms with Gasteiger partial charge in [-0.15, -0.1) is 0 Å². The molecule has 0 aliphatic carbocycles. The van der Waals surface area contributed by atoms with Crippen LogP contribution in [0.2, 0.25) is 0 Å². The first-order valence-corrected chi connectivity index (χ1v) is 9.30. The minimum Gasteiger partial charge on any atom is -0.469 e. The number of non-ortho nitro benzene ring substituents is 1. The Bertz CT molecular complexity index is 1020. The van der Waals surface area contributed by atoms with Gasteiger partial charge in [0.25, 0.3) is 5.69 Å². The molecular formula is C22H19N3O3. The molecule has 6 nitrogen and oxygen atoms in total. The molecular weight excluding hydrogens is 354 g/mol. The van der Waals surface area contributed by atoms with Crippen LogP contribution in [0.1, 0.15) is 41.4 Å². The Kier molecular flexibility index (Phi) is 4.07. The highest BCUT2D eigenvalue weighted by Crippen LogP contribution is 2.48. The van der Waals surface area contributed by atoms with Gasteiger partial charge in [-0.25, -0.2) is 5.43 Å². The fraction of sp³-hybridized carbons (Fsp3) is 0.182. The minimum atomic E-state index is -0.437. The molecule has 6 heteroatoms. The Balaban J connectivity index is 1.56. The van der Waals surface area contributed by atoms with Crippen LogP contribution in [0.3, 0.4) is 0 Å². The molecule has 3 aromatic carbocycles. The molecule has 0 unspecified atom stereocenters. The van der Waals surface area contributed by atoms with E-state index in [0.717, 1.165) is 23.3 Å². The number of nitrogens with zero attached hydrogens (tertiary/aromatic N) is 2. The number of hydrazine groups is 1. The molecule has 3 atom stereocenters. The molecule has 28 heavy (non-hydrogen) atoms. The van der Waals surface area contributed by atoms with E-state index in [0.29, 0.717) is 0 Å². The average molecular weight is 373 g/mol. The number of nitro benzene ring substituents is 1. The van der Waals surface area contributed by atoms with Gasteiger partial charge in [0.1, 0.15) is 5.75 Å². The van der Waals surface area contributed by atoms with Crippen molar-refractivity contribution in [2.75, 3.05) is 0 Å². The van der Waals surface area contributed by atoms with Crippen molar-refractivity contribution < 1.29 is 9.66 Å². The predicted molar refractivity (Wildman–Crippen MR) is 104 cm³/mol. The smallest absolute Gasteiger partial charge is 0.269 e. The molecule has 2 aliphatic heterocycles. The summed E-state index contributed by atoms with van der Waals surface area (Å²) in [6, 6.07) is 25.3. The maximum absolute atomic E-state index is 11.2. The first-order chi connectivity index (χ1) is 13.7. The molecule has 0 aromatic heterocycles. The Morgan fingerprint density at radius 2 is 1.71 bits per heavy atom. The summed E-state index contributed by atoms with van der Waals surface area (Å²) in [7, 11) is 0. The van der Waals surface area contributed by atoms with E-state index in [9.17, 15) is 10.1 Å². The zero-order valence-electron chi connectivity index (χ0n) is 15.1. The molecule has 5 rings (SSSR count). The van der Waals surface area contributed by atoms with Crippen LogP contribution in [-0.2, 0) is 0 Å². The van der Waals surface area contributed by atoms with E-state index in [1.165, 1.54) is 11.6 Å². The van der Waals surface area contributed by atoms with Gasteiger partial charge < -0.3 is 4.74 Å². The number of hydrogen-bond acceptors (Lipinski definition) is 5. The van der Waals surface area contributed by atoms with Crippen molar-refractivity contribution in [1.29, 1.82) is 0 Å². The van der Waals surface area contributed by atoms with Crippen molar-refractivity contribution in [3.63, 3.8) is 0 Å². The van der Waals surface area contributed by atoms with Crippen molar-refractivity contribution in [2.24, 2.45) is 0 Å². The summed E-state index contributed by atoms with van der Waals surface area (Å²) in [4.78, 5) is 10.9. The van der Waals surface area contributed by atoms with E-state index in [2.05, 4.69) is 28.6 Å². The summed E-state index contributed by atoms with van der Waals surface area (Å²) in [5.74, 6) is 0.829. The lowest BCUT2D eigenvalue weighted by atomic mass is 9.95. The second kappa shape index (κ2) is 6.74. The summed E-state index contributed by atoms with van der Waals surface area (Å²) in [6.07, 6.45) is 0.462. The quantitative estimate of drug-likeness (QED) is 0.533. The van der Waals surface area contributed by atoms with E-state index in [4.69, 9.17) is 4.74 Å². The minimum absolute atomic E-state index is 0.0651. The number of ether oxygens (including phenoxy) is 1. The van der Waals surface area contributed by atoms with E-state index in [1.54, 1.807) is 12.1 Å². The van der Waals surface area contributed by atoms with Crippen LogP contribution in [-0.4, -0.2) is 9.93 Å². The topological polar surface area (TPSA) is 67.6 Å². The molecule has 140 valence electrons. The number of para-hydroxylation sites is 1. The highest BCUT2D eigenvalue weighted by Gasteiger charge is 2.44. The molecule has 2 heterocycles. The van der Waals surface area contributed by atoms with Crippen molar-refractivity contribution in [2.45, 2.75) is 24.7 Å². The van der Waals surface area contributed by atoms with Crippen LogP contribution in [0.5, 0.6) is 5.75 Å². The van der Waals surface area contributed by atoms with Crippen molar-refractivity contribution in [3.8, 4) is 5.75 Å². The second-order valence-corrected chi connectivity index (χ2v) is 7.11. The van der Waals surface area contributed by atoms with E-state index < -0.39 is 6.23 Å². The van der Waals surface area contributed by atoms with Gasteiger partial charge in [-0.05, 0) is 18.1 Å². The Hall–Kier alpha value is -3.22. The van der Waals surface area contributed by atoms with Crippen LogP contribution >= 0.6 is 0 Å². The summed E-state index contributed by atoms with van der Waals surface area (Å²) < 4.78 is 6.29. The molecule has 0 saturated carbocycles. The molecule has 3 aromatic rings. The Labute approximate surface area is 162 Å². The lowest BCUT2D eigenvalue weighted by Gasteiger charge is -2.38. The molecule has 1 saturated heterocycles. The molecule has 0 bridgehead atoms. The fourth-order valence-corrected chi connectivity index (χ4v) is 4.12. The summed E-state index contributed by atoms with van der Waals surface area (Å²) in [5.41, 5.74) is 6.76. The average Bonchev–Trinajstić information content (AvgIpc) is 3.20. The number of benzene rings is 3. The van der Waals surface area contributed by atoms with Gasteiger partial charge in [-0.2, -0.15) is 5.01 Å². The molecule has 1 N–H and O–H groups in total. The zero-order valence-corrected chi connectivity index (χ0v) is 15.1. The zero-order chi connectivity index (χ0) is 19.1. The van der Waals surface area contributed by atoms with Crippen LogP contribution in [0.25, 0.3) is 0 Å². The van der Waals surface area contributed by atoms with Gasteiger partial charge in [-0.1, -0.05) is 60.7 Å². The Morgan fingerprint density at radius 3 is 2.54 bits per heavy atom. The molecule has 0 amide bonds. The standard InChI is InChI=1S/C22H19N3O3/c26-25(27)17-10-6-9-16(13-17)22-24-20(18-11-4-5-12-21(18)28-22)14-19(23-24)15-7-2-1-3-8-15/h1-13,19-20,22-23H,14H2/t19-,20+,22-/m1/s1. The van der Waals surface area contributed by atoms with Gasteiger partial charge in [-0.3, -0.25) is 10.1 Å². The number of fused-ring (bicyclic) bond motifs is 3. The Morgan fingerprint density at radius 1 is 0.964 bits per heavy atom. The first-order valence-electron chi connectivity index (χ1n) is 9.30. The van der Waals surface area contributed by atoms with Gasteiger partial charge in [0.15, 0.2) is 6.23 Å². The van der Waals surface area contributed by atoms with Crippen molar-refractivity contribution in [1.82, 2.24) is 10.4 Å². The number of nitro groups is 1. The van der Waals surface area contributed by atoms with E-state index in [-0.39, 0.29) is 22.7 Å². The number of rotatable bonds is 3. The third kappa shape index (κ3) is 2.83. The molecule has 0 radical (unpaired) electrons. The fourth-order valence-electron chi connectivity index (χ4n) is 4.12. The largest absolute Gasteiger partial charge is 0.469 e. The van der Waals surface area contributed by atoms with E-state index in [1.807, 2.05) is 42.5 Å². The maximum Gasteiger partial charge on any atom is 0.269 e. The third-order valence-corrected chi connectivity index (χ3v) is 5.44. The summed E-state index contributed by atoms with van der Waals surface area (Å²) >= 11 is 0. The predicted octanol–water partition coefficient (Wildman–Crippen LogP) is 4.68. The number of nitrogens with one attached hydrogen (secondary N) is 1. The van der Waals surface area contributed by atoms with Gasteiger partial charge in [0, 0.05) is 29.3 Å². The van der Waals surface area contributed by atoms with Crippen LogP contribution in [0.15, 0.2) is 78.9 Å². The van der Waals surface area contributed by atoms with E-state index >= 15 is 0 Å². The molecule has 1 fully saturated rings. The number of hydrogen-bond donors (Lipinski definition) is 1. The monoisotopic (exact) mass is 373 g/mol. The second-order valence-electron chi connectivity index (χ2n) is 7.11. The lowest BCUT2D eigenvalue weighted by molar-refractivity contribution is -0.385. The van der Waals surface area contributed by atoms with Crippen LogP contribution in [0.4, 0.5) is 5.69 Å². The first kappa shape index (κ1) is 16.9. The van der Waals surface area contributed by atoms with Crippen molar-refractivity contribution >= 4 is 5.69 Å². The normalized spacial score (nSPS) is 23.5. The maximum atomic E-state index is 11.2. The SMILES string of the molecule is O=[N+]([O-])c1cccc([C@H]2Oc3ccccc3[C@@H]3C[C@H](c4ccccc4)NN23)c1. The summed E-state index contributed by atoms with van der Waals surface area (Å²) in [6.45, 7) is 0. The van der Waals surface area contributed by atoms with Crippen LogP contribution < -0.4 is 10.2 Å². The highest BCUT2D eigenvalue weighted by molar-refractivity contribution is 5.42. The third-order valence-electron chi connectivity index (χ3n) is 5.44. The van der Waals surface area contributed by atoms with Gasteiger partial charge >= 0.3 is 0 Å². The van der Waals surface area contributed by atoms with Gasteiger partial charge in [0.05, 0.1) is 11.0 Å². The highest BCUT2D eigenvalue weighted by atomic mass is 16.6. The summed E-state index contributed by atoms with van der Waals surface area (Å²) in [5, 5.41) is 13.3. The molecule has 0 spiro atoms. The molecule has 2 aliphatic rings. The van der Waals surface area contributed by atoms with Crippen molar-refractivity contribution in [3.05, 3.63) is 106 Å².